The van der Waals surface area contributed by atoms with E-state index in [9.17, 15) is 20.4 Å². The number of likely N-dealkylation sites (tertiary alicyclic amines) is 1. The van der Waals surface area contributed by atoms with Gasteiger partial charge in [-0.2, -0.15) is 0 Å². The second-order valence-electron chi connectivity index (χ2n) is 13.8. The molecule has 40 heavy (non-hydrogen) atoms. The molecule has 5 fully saturated rings. The molecule has 8 nitrogen and oxygen atoms in total. The second kappa shape index (κ2) is 7.61. The first kappa shape index (κ1) is 24.4. The van der Waals surface area contributed by atoms with E-state index in [2.05, 4.69) is 29.0 Å². The highest BCUT2D eigenvalue weighted by molar-refractivity contribution is 5.82. The monoisotopic (exact) mass is 544 g/mol. The number of rotatable bonds is 2. The SMILES string of the molecule is C[C@]12CC=C3C=C4[C@H]5O[C@H]5[C@@H](N5C[C@H](O)[C@@H](O)C5)C[C@]45CCC3(O5)[C@@H]1C[C@@H](O)[C@]2(O)c1ccc2ccncc2c1. The summed E-state index contributed by atoms with van der Waals surface area (Å²) in [5.41, 5.74) is 0.0520. The quantitative estimate of drug-likeness (QED) is 0.424. The highest BCUT2D eigenvalue weighted by atomic mass is 16.6. The molecule has 3 saturated heterocycles. The minimum absolute atomic E-state index is 0.0104. The van der Waals surface area contributed by atoms with Crippen LogP contribution in [-0.4, -0.2) is 91.2 Å². The van der Waals surface area contributed by atoms with E-state index < -0.39 is 40.5 Å². The zero-order valence-corrected chi connectivity index (χ0v) is 22.6. The van der Waals surface area contributed by atoms with E-state index in [1.165, 1.54) is 11.1 Å². The Morgan fingerprint density at radius 1 is 1.05 bits per heavy atom. The van der Waals surface area contributed by atoms with Gasteiger partial charge in [-0.05, 0) is 66.3 Å². The van der Waals surface area contributed by atoms with Crippen LogP contribution < -0.4 is 0 Å². The van der Waals surface area contributed by atoms with Crippen molar-refractivity contribution in [3.8, 4) is 0 Å². The average molecular weight is 545 g/mol. The van der Waals surface area contributed by atoms with E-state index in [0.29, 0.717) is 25.9 Å². The summed E-state index contributed by atoms with van der Waals surface area (Å²) in [5, 5.41) is 46.7. The maximum Gasteiger partial charge on any atom is 0.121 e. The zero-order valence-electron chi connectivity index (χ0n) is 22.6. The van der Waals surface area contributed by atoms with Crippen LogP contribution in [0.4, 0.5) is 0 Å². The molecular formula is C32H36N2O6. The van der Waals surface area contributed by atoms with Gasteiger partial charge in [0.1, 0.15) is 17.8 Å². The van der Waals surface area contributed by atoms with Gasteiger partial charge in [-0.25, -0.2) is 0 Å². The average Bonchev–Trinajstić information content (AvgIpc) is 3.54. The van der Waals surface area contributed by atoms with Crippen LogP contribution in [-0.2, 0) is 15.1 Å². The Morgan fingerprint density at radius 3 is 2.70 bits per heavy atom. The predicted molar refractivity (Wildman–Crippen MR) is 145 cm³/mol. The van der Waals surface area contributed by atoms with Gasteiger partial charge in [0.25, 0.3) is 0 Å². The number of epoxide rings is 1. The summed E-state index contributed by atoms with van der Waals surface area (Å²) in [6, 6.07) is 8.00. The lowest BCUT2D eigenvalue weighted by Crippen LogP contribution is -2.59. The van der Waals surface area contributed by atoms with Crippen molar-refractivity contribution in [1.82, 2.24) is 9.88 Å². The lowest BCUT2D eigenvalue weighted by Gasteiger charge is -2.55. The molecule has 0 amide bonds. The molecule has 9 rings (SSSR count). The van der Waals surface area contributed by atoms with Crippen LogP contribution in [0.2, 0.25) is 0 Å². The van der Waals surface area contributed by atoms with Gasteiger partial charge in [-0.15, -0.1) is 0 Å². The van der Waals surface area contributed by atoms with Crippen LogP contribution in [0, 0.1) is 11.3 Å². The van der Waals surface area contributed by atoms with E-state index in [1.54, 1.807) is 6.20 Å². The lowest BCUT2D eigenvalue weighted by atomic mass is 9.56. The maximum absolute atomic E-state index is 12.5. The highest BCUT2D eigenvalue weighted by Gasteiger charge is 2.75. The van der Waals surface area contributed by atoms with Crippen molar-refractivity contribution >= 4 is 10.8 Å². The van der Waals surface area contributed by atoms with Crippen molar-refractivity contribution < 1.29 is 29.9 Å². The standard InChI is InChI=1S/C32H36N2O6/c1-29-6-4-19-11-21-27-28(39-27)22(34-15-23(35)24(36)16-34)13-30(21)7-8-31(19,40-30)25(29)12-26(37)32(29,38)20-3-2-17-5-9-33-14-18(17)10-20/h2-5,9-11,14,22-28,35-38H,6-8,12-13,15-16H2,1H3/t22-,23-,24-,25+,26+,27+,28-,29-,30+,31?,32+/m0/s1. The molecule has 1 unspecified atom stereocenters. The molecule has 8 heteroatoms. The fourth-order valence-electron chi connectivity index (χ4n) is 9.94. The van der Waals surface area contributed by atoms with E-state index >= 15 is 0 Å². The van der Waals surface area contributed by atoms with Crippen molar-refractivity contribution in [3.63, 3.8) is 0 Å². The van der Waals surface area contributed by atoms with Crippen LogP contribution in [0.3, 0.4) is 0 Å². The summed E-state index contributed by atoms with van der Waals surface area (Å²) in [6.45, 7) is 3.03. The van der Waals surface area contributed by atoms with E-state index in [0.717, 1.165) is 35.6 Å². The van der Waals surface area contributed by atoms with Gasteiger partial charge in [0.15, 0.2) is 0 Å². The Bertz CT molecular complexity index is 1500. The summed E-state index contributed by atoms with van der Waals surface area (Å²) in [6.07, 6.45) is 9.42. The Morgan fingerprint density at radius 2 is 1.88 bits per heavy atom. The highest BCUT2D eigenvalue weighted by Crippen LogP contribution is 2.71. The number of fused-ring (bicyclic) bond motifs is 4. The number of pyridine rings is 1. The normalized spacial score (nSPS) is 50.6. The first-order valence-electron chi connectivity index (χ1n) is 14.8. The largest absolute Gasteiger partial charge is 0.390 e. The number of allylic oxidation sites excluding steroid dienone is 1. The van der Waals surface area contributed by atoms with Crippen LogP contribution in [0.15, 0.2) is 60.0 Å². The number of aromatic nitrogens is 1. The molecule has 1 aromatic carbocycles. The molecule has 210 valence electrons. The van der Waals surface area contributed by atoms with Crippen molar-refractivity contribution in [2.24, 2.45) is 11.3 Å². The Balaban J connectivity index is 1.11. The number of aliphatic hydroxyl groups is 4. The molecule has 2 spiro atoms. The zero-order chi connectivity index (χ0) is 27.2. The summed E-state index contributed by atoms with van der Waals surface area (Å²) in [7, 11) is 0. The third-order valence-corrected chi connectivity index (χ3v) is 12.1. The number of nitrogens with zero attached hydrogens (tertiary/aromatic N) is 2. The van der Waals surface area contributed by atoms with Crippen LogP contribution in [0.5, 0.6) is 0 Å². The Hall–Kier alpha value is -2.17. The van der Waals surface area contributed by atoms with Gasteiger partial charge in [0, 0.05) is 48.2 Å². The summed E-state index contributed by atoms with van der Waals surface area (Å²) >= 11 is 0. The molecule has 3 aliphatic carbocycles. The summed E-state index contributed by atoms with van der Waals surface area (Å²) in [5.74, 6) is -0.0616. The minimum atomic E-state index is -1.43. The summed E-state index contributed by atoms with van der Waals surface area (Å²) < 4.78 is 13.6. The molecule has 2 aromatic rings. The fourth-order valence-corrected chi connectivity index (χ4v) is 9.94. The van der Waals surface area contributed by atoms with Crippen LogP contribution in [0.25, 0.3) is 10.8 Å². The molecule has 7 aliphatic rings. The van der Waals surface area contributed by atoms with Gasteiger partial charge < -0.3 is 29.9 Å². The molecule has 11 atom stereocenters. The molecule has 4 N–H and O–H groups in total. The molecule has 0 radical (unpaired) electrons. The van der Waals surface area contributed by atoms with E-state index in [1.807, 2.05) is 30.5 Å². The van der Waals surface area contributed by atoms with Gasteiger partial charge in [-0.1, -0.05) is 31.2 Å². The number of β-amino-alcohol motifs (C(OH)–C–C–N with tert-alkyl or cyclic N) is 2. The van der Waals surface area contributed by atoms with Gasteiger partial charge >= 0.3 is 0 Å². The second-order valence-corrected chi connectivity index (χ2v) is 13.8. The maximum atomic E-state index is 12.5. The topological polar surface area (TPSA) is 119 Å². The number of hydrogen-bond acceptors (Lipinski definition) is 8. The van der Waals surface area contributed by atoms with E-state index in [4.69, 9.17) is 9.47 Å². The Kier molecular flexibility index (Phi) is 4.65. The predicted octanol–water partition coefficient (Wildman–Crippen LogP) is 1.94. The number of ether oxygens (including phenoxy) is 2. The third-order valence-electron chi connectivity index (χ3n) is 12.1. The first-order valence-corrected chi connectivity index (χ1v) is 14.8. The van der Waals surface area contributed by atoms with Crippen LogP contribution >= 0.6 is 0 Å². The van der Waals surface area contributed by atoms with Crippen molar-refractivity contribution in [2.75, 3.05) is 13.1 Å². The molecule has 2 bridgehead atoms. The van der Waals surface area contributed by atoms with Gasteiger partial charge in [-0.3, -0.25) is 9.88 Å². The molecule has 2 saturated carbocycles. The van der Waals surface area contributed by atoms with Gasteiger partial charge in [0.2, 0.25) is 0 Å². The number of hydrogen-bond donors (Lipinski definition) is 4. The van der Waals surface area contributed by atoms with Crippen molar-refractivity contribution in [3.05, 3.63) is 65.5 Å². The Labute approximate surface area is 232 Å². The molecule has 4 aliphatic heterocycles. The van der Waals surface area contributed by atoms with Crippen molar-refractivity contribution in [2.45, 2.75) is 92.4 Å². The smallest absolute Gasteiger partial charge is 0.121 e. The fraction of sp³-hybridized carbons (Fsp3) is 0.594. The number of aliphatic hydroxyl groups excluding tert-OH is 3. The molecule has 1 aromatic heterocycles. The number of benzene rings is 1. The summed E-state index contributed by atoms with van der Waals surface area (Å²) in [4.78, 5) is 6.46. The van der Waals surface area contributed by atoms with Gasteiger partial charge in [0.05, 0.1) is 29.5 Å². The van der Waals surface area contributed by atoms with Crippen LogP contribution in [0.1, 0.15) is 44.6 Å². The molecule has 5 heterocycles. The molecular weight excluding hydrogens is 508 g/mol. The minimum Gasteiger partial charge on any atom is -0.390 e. The first-order chi connectivity index (χ1) is 19.2. The van der Waals surface area contributed by atoms with Crippen molar-refractivity contribution in [1.29, 1.82) is 0 Å². The van der Waals surface area contributed by atoms with E-state index in [-0.39, 0.29) is 24.2 Å². The lowest BCUT2D eigenvalue weighted by molar-refractivity contribution is -0.175. The third kappa shape index (κ3) is 2.79.